The van der Waals surface area contributed by atoms with Crippen LogP contribution in [0.5, 0.6) is 0 Å². The van der Waals surface area contributed by atoms with E-state index in [9.17, 15) is 14.7 Å². The number of nitrogens with zero attached hydrogens (tertiary/aromatic N) is 2. The summed E-state index contributed by atoms with van der Waals surface area (Å²) in [7, 11) is 0. The maximum atomic E-state index is 12.3. The van der Waals surface area contributed by atoms with Crippen LogP contribution in [0.3, 0.4) is 0 Å². The molecule has 1 rings (SSSR count). The molecule has 1 unspecified atom stereocenters. The average molecular weight is 258 g/mol. The number of carbonyl (C=O) groups excluding carboxylic acids is 1. The monoisotopic (exact) mass is 258 g/mol. The largest absolute Gasteiger partial charge is 0.480 e. The molecule has 6 heteroatoms. The number of aliphatic hydroxyl groups is 1. The van der Waals surface area contributed by atoms with E-state index in [2.05, 4.69) is 0 Å². The van der Waals surface area contributed by atoms with Crippen LogP contribution in [0.15, 0.2) is 0 Å². The molecule has 0 spiro atoms. The summed E-state index contributed by atoms with van der Waals surface area (Å²) in [4.78, 5) is 25.9. The summed E-state index contributed by atoms with van der Waals surface area (Å²) >= 11 is 0. The van der Waals surface area contributed by atoms with Crippen LogP contribution in [0.2, 0.25) is 0 Å². The van der Waals surface area contributed by atoms with Gasteiger partial charge in [0.15, 0.2) is 0 Å². The van der Waals surface area contributed by atoms with Crippen molar-refractivity contribution in [2.45, 2.75) is 38.6 Å². The van der Waals surface area contributed by atoms with Gasteiger partial charge in [0.2, 0.25) is 0 Å². The van der Waals surface area contributed by atoms with Gasteiger partial charge in [0, 0.05) is 13.1 Å². The fourth-order valence-electron chi connectivity index (χ4n) is 2.28. The summed E-state index contributed by atoms with van der Waals surface area (Å²) in [5.41, 5.74) is 0. The molecular formula is C12H22N2O4. The van der Waals surface area contributed by atoms with Gasteiger partial charge in [-0.05, 0) is 19.8 Å². The molecular weight excluding hydrogens is 236 g/mol. The minimum atomic E-state index is -1.01. The molecule has 1 atom stereocenters. The SMILES string of the molecule is CCN(CC(=O)O)C(=O)N1CCCCCC1CO. The third-order valence-corrected chi connectivity index (χ3v) is 3.31. The molecule has 0 radical (unpaired) electrons. The quantitative estimate of drug-likeness (QED) is 0.779. The zero-order chi connectivity index (χ0) is 13.5. The lowest BCUT2D eigenvalue weighted by molar-refractivity contribution is -0.137. The molecule has 1 saturated heterocycles. The van der Waals surface area contributed by atoms with E-state index in [1.54, 1.807) is 11.8 Å². The fourth-order valence-corrected chi connectivity index (χ4v) is 2.28. The Kier molecular flexibility index (Phi) is 5.91. The standard InChI is InChI=1S/C12H22N2O4/c1-2-13(8-11(16)17)12(18)14-7-5-3-4-6-10(14)9-15/h10,15H,2-9H2,1H3,(H,16,17). The lowest BCUT2D eigenvalue weighted by Gasteiger charge is -2.33. The van der Waals surface area contributed by atoms with Crippen LogP contribution < -0.4 is 0 Å². The minimum absolute atomic E-state index is 0.0592. The van der Waals surface area contributed by atoms with Gasteiger partial charge in [-0.2, -0.15) is 0 Å². The summed E-state index contributed by atoms with van der Waals surface area (Å²) in [6, 6.07) is -0.455. The van der Waals surface area contributed by atoms with E-state index < -0.39 is 5.97 Å². The van der Waals surface area contributed by atoms with Crippen molar-refractivity contribution in [3.8, 4) is 0 Å². The average Bonchev–Trinajstić information content (AvgIpc) is 2.59. The number of carboxylic acids is 1. The van der Waals surface area contributed by atoms with Crippen molar-refractivity contribution in [2.75, 3.05) is 26.2 Å². The topological polar surface area (TPSA) is 81.1 Å². The summed E-state index contributed by atoms with van der Waals surface area (Å²) in [6.45, 7) is 2.37. The zero-order valence-electron chi connectivity index (χ0n) is 10.8. The lowest BCUT2D eigenvalue weighted by Crippen LogP contribution is -2.50. The Morgan fingerprint density at radius 2 is 2.06 bits per heavy atom. The van der Waals surface area contributed by atoms with Crippen LogP contribution in [0, 0.1) is 0 Å². The van der Waals surface area contributed by atoms with E-state index in [1.165, 1.54) is 4.90 Å². The number of carbonyl (C=O) groups is 2. The molecule has 0 bridgehead atoms. The maximum Gasteiger partial charge on any atom is 0.323 e. The first-order chi connectivity index (χ1) is 8.60. The fraction of sp³-hybridized carbons (Fsp3) is 0.833. The number of hydrogen-bond donors (Lipinski definition) is 2. The first-order valence-corrected chi connectivity index (χ1v) is 6.48. The number of likely N-dealkylation sites (N-methyl/N-ethyl adjacent to an activating group) is 1. The Hall–Kier alpha value is -1.30. The van der Waals surface area contributed by atoms with Crippen molar-refractivity contribution in [1.29, 1.82) is 0 Å². The molecule has 1 heterocycles. The molecule has 1 aliphatic heterocycles. The number of aliphatic hydroxyl groups excluding tert-OH is 1. The molecule has 0 aromatic rings. The first-order valence-electron chi connectivity index (χ1n) is 6.48. The Balaban J connectivity index is 2.73. The smallest absolute Gasteiger partial charge is 0.323 e. The minimum Gasteiger partial charge on any atom is -0.480 e. The van der Waals surface area contributed by atoms with E-state index in [0.717, 1.165) is 25.7 Å². The summed E-state index contributed by atoms with van der Waals surface area (Å²) in [6.07, 6.45) is 3.74. The molecule has 2 amide bonds. The third-order valence-electron chi connectivity index (χ3n) is 3.31. The van der Waals surface area contributed by atoms with E-state index in [1.807, 2.05) is 0 Å². The molecule has 18 heavy (non-hydrogen) atoms. The molecule has 1 fully saturated rings. The highest BCUT2D eigenvalue weighted by Gasteiger charge is 2.28. The van der Waals surface area contributed by atoms with Crippen molar-refractivity contribution in [1.82, 2.24) is 9.80 Å². The van der Waals surface area contributed by atoms with Crippen LogP contribution in [0.25, 0.3) is 0 Å². The normalized spacial score (nSPS) is 20.3. The maximum absolute atomic E-state index is 12.3. The highest BCUT2D eigenvalue weighted by atomic mass is 16.4. The van der Waals surface area contributed by atoms with Gasteiger partial charge in [0.25, 0.3) is 0 Å². The molecule has 104 valence electrons. The highest BCUT2D eigenvalue weighted by Crippen LogP contribution is 2.18. The Morgan fingerprint density at radius 3 is 2.61 bits per heavy atom. The van der Waals surface area contributed by atoms with Crippen molar-refractivity contribution in [3.05, 3.63) is 0 Å². The number of likely N-dealkylation sites (tertiary alicyclic amines) is 1. The second-order valence-corrected chi connectivity index (χ2v) is 4.57. The Bertz CT molecular complexity index is 296. The number of carboxylic acid groups (broad SMARTS) is 1. The van der Waals surface area contributed by atoms with Crippen LogP contribution in [-0.2, 0) is 4.79 Å². The number of amides is 2. The third kappa shape index (κ3) is 3.87. The highest BCUT2D eigenvalue weighted by molar-refractivity contribution is 5.80. The summed E-state index contributed by atoms with van der Waals surface area (Å²) in [5.74, 6) is -1.01. The van der Waals surface area contributed by atoms with Crippen molar-refractivity contribution >= 4 is 12.0 Å². The number of aliphatic carboxylic acids is 1. The number of hydrogen-bond acceptors (Lipinski definition) is 3. The molecule has 0 saturated carbocycles. The second kappa shape index (κ2) is 7.20. The molecule has 0 aromatic carbocycles. The Morgan fingerprint density at radius 1 is 1.33 bits per heavy atom. The van der Waals surface area contributed by atoms with Gasteiger partial charge >= 0.3 is 12.0 Å². The van der Waals surface area contributed by atoms with Crippen molar-refractivity contribution in [2.24, 2.45) is 0 Å². The molecule has 1 aliphatic rings. The predicted molar refractivity (Wildman–Crippen MR) is 66.3 cm³/mol. The van der Waals surface area contributed by atoms with Crippen LogP contribution >= 0.6 is 0 Å². The van der Waals surface area contributed by atoms with E-state index in [4.69, 9.17) is 5.11 Å². The van der Waals surface area contributed by atoms with Gasteiger partial charge in [-0.3, -0.25) is 4.79 Å². The molecule has 0 aromatic heterocycles. The second-order valence-electron chi connectivity index (χ2n) is 4.57. The van der Waals surface area contributed by atoms with E-state index in [-0.39, 0.29) is 25.2 Å². The zero-order valence-corrected chi connectivity index (χ0v) is 10.8. The Labute approximate surface area is 107 Å². The van der Waals surface area contributed by atoms with Crippen LogP contribution in [0.4, 0.5) is 4.79 Å². The molecule has 2 N–H and O–H groups in total. The van der Waals surface area contributed by atoms with Crippen molar-refractivity contribution < 1.29 is 19.8 Å². The lowest BCUT2D eigenvalue weighted by atomic mass is 10.1. The summed E-state index contributed by atoms with van der Waals surface area (Å²) < 4.78 is 0. The van der Waals surface area contributed by atoms with Crippen LogP contribution in [-0.4, -0.2) is 64.3 Å². The van der Waals surface area contributed by atoms with Gasteiger partial charge in [0.1, 0.15) is 6.54 Å². The van der Waals surface area contributed by atoms with E-state index >= 15 is 0 Å². The molecule has 6 nitrogen and oxygen atoms in total. The van der Waals surface area contributed by atoms with Gasteiger partial charge in [0.05, 0.1) is 12.6 Å². The summed E-state index contributed by atoms with van der Waals surface area (Å²) in [5, 5.41) is 18.1. The van der Waals surface area contributed by atoms with Gasteiger partial charge in [-0.25, -0.2) is 4.79 Å². The van der Waals surface area contributed by atoms with Gasteiger partial charge in [-0.15, -0.1) is 0 Å². The number of rotatable bonds is 4. The van der Waals surface area contributed by atoms with Gasteiger partial charge in [-0.1, -0.05) is 12.8 Å². The van der Waals surface area contributed by atoms with Crippen LogP contribution in [0.1, 0.15) is 32.6 Å². The van der Waals surface area contributed by atoms with Crippen molar-refractivity contribution in [3.63, 3.8) is 0 Å². The van der Waals surface area contributed by atoms with E-state index in [0.29, 0.717) is 13.1 Å². The first kappa shape index (κ1) is 14.8. The predicted octanol–water partition coefficient (Wildman–Crippen LogP) is 0.750. The van der Waals surface area contributed by atoms with Gasteiger partial charge < -0.3 is 20.0 Å². The molecule has 0 aliphatic carbocycles. The number of urea groups is 1.